The molecule has 0 N–H and O–H groups in total. The van der Waals surface area contributed by atoms with E-state index in [1.807, 2.05) is 0 Å². The molecule has 2 heterocycles. The fourth-order valence-corrected chi connectivity index (χ4v) is 5.58. The number of rotatable bonds is 9. The van der Waals surface area contributed by atoms with Crippen LogP contribution in [0.2, 0.25) is 0 Å². The molecule has 2 aromatic heterocycles. The summed E-state index contributed by atoms with van der Waals surface area (Å²) in [6.07, 6.45) is 17.1. The minimum absolute atomic E-state index is 0.379. The summed E-state index contributed by atoms with van der Waals surface area (Å²) in [7, 11) is 0. The Balaban J connectivity index is 1.60. The third-order valence-corrected chi connectivity index (χ3v) is 7.47. The van der Waals surface area contributed by atoms with Gasteiger partial charge in [-0.05, 0) is 30.9 Å². The molecule has 1 atom stereocenters. The monoisotopic (exact) mass is 469 g/mol. The zero-order chi connectivity index (χ0) is 23.4. The van der Waals surface area contributed by atoms with Gasteiger partial charge >= 0.3 is 0 Å². The van der Waals surface area contributed by atoms with Crippen molar-refractivity contribution in [1.82, 2.24) is 4.57 Å². The third kappa shape index (κ3) is 4.70. The number of allylic oxidation sites excluding steroid dienone is 4. The van der Waals surface area contributed by atoms with Crippen LogP contribution in [0.5, 0.6) is 0 Å². The van der Waals surface area contributed by atoms with Crippen LogP contribution in [0.15, 0.2) is 91.2 Å². The second kappa shape index (κ2) is 10.2. The Morgan fingerprint density at radius 1 is 0.941 bits per heavy atom. The maximum absolute atomic E-state index is 7.21. The number of pyridine rings is 1. The van der Waals surface area contributed by atoms with E-state index in [0.717, 1.165) is 38.8 Å². The molecule has 0 radical (unpaired) electrons. The number of aromatic nitrogens is 2. The Labute approximate surface area is 208 Å². The number of fused-ring (bicyclic) bond motifs is 3. The van der Waals surface area contributed by atoms with Gasteiger partial charge < -0.3 is 4.57 Å². The van der Waals surface area contributed by atoms with E-state index in [9.17, 15) is 0 Å². The molecule has 0 amide bonds. The van der Waals surface area contributed by atoms with E-state index in [1.54, 1.807) is 0 Å². The lowest BCUT2D eigenvalue weighted by Crippen LogP contribution is -2.42. The highest BCUT2D eigenvalue weighted by atomic mass is 35.5. The van der Waals surface area contributed by atoms with Crippen LogP contribution in [-0.2, 0) is 25.9 Å². The number of aryl methyl sites for hydroxylation is 3. The molecule has 5 rings (SSSR count). The molecule has 0 fully saturated rings. The maximum Gasteiger partial charge on any atom is 0.207 e. The molecule has 1 aliphatic rings. The van der Waals surface area contributed by atoms with Crippen molar-refractivity contribution in [3.63, 3.8) is 0 Å². The van der Waals surface area contributed by atoms with Crippen LogP contribution in [0.4, 0.5) is 0 Å². The number of benzene rings is 2. The summed E-state index contributed by atoms with van der Waals surface area (Å²) in [5, 5.41) is 2.69. The summed E-state index contributed by atoms with van der Waals surface area (Å²) < 4.78 is 5.03. The Morgan fingerprint density at radius 3 is 2.56 bits per heavy atom. The van der Waals surface area contributed by atoms with E-state index >= 15 is 0 Å². The maximum atomic E-state index is 7.21. The molecule has 0 aliphatic heterocycles. The minimum Gasteiger partial charge on any atom is -0.335 e. The van der Waals surface area contributed by atoms with Crippen LogP contribution in [0.25, 0.3) is 21.8 Å². The molecule has 174 valence electrons. The van der Waals surface area contributed by atoms with Crippen molar-refractivity contribution in [2.75, 3.05) is 0 Å². The van der Waals surface area contributed by atoms with Gasteiger partial charge in [0.05, 0.1) is 11.3 Å². The standard InChI is InChI=1S/C31H34ClN2/c1-2-3-22-34-28-17-9-8-16-26(28)27-18-23-33(21-12-15-25-13-6-4-7-14-25)29(30(27)34)24-31(32)19-10-5-11-20-31/h4-11,13-14,16-19,23H,2-3,12,15,20-22,24H2,1H3/q+1. The van der Waals surface area contributed by atoms with E-state index in [1.165, 1.54) is 45.9 Å². The van der Waals surface area contributed by atoms with Crippen LogP contribution in [-0.4, -0.2) is 9.44 Å². The fraction of sp³-hybridized carbons (Fsp3) is 0.323. The van der Waals surface area contributed by atoms with Crippen molar-refractivity contribution < 1.29 is 4.57 Å². The topological polar surface area (TPSA) is 8.81 Å². The lowest BCUT2D eigenvalue weighted by molar-refractivity contribution is -0.703. The predicted molar refractivity (Wildman–Crippen MR) is 144 cm³/mol. The second-order valence-electron chi connectivity index (χ2n) is 9.53. The third-order valence-electron chi connectivity index (χ3n) is 7.05. The number of halogens is 1. The second-order valence-corrected chi connectivity index (χ2v) is 10.3. The van der Waals surface area contributed by atoms with Crippen LogP contribution in [0.3, 0.4) is 0 Å². The van der Waals surface area contributed by atoms with Crippen molar-refractivity contribution in [2.24, 2.45) is 0 Å². The average Bonchev–Trinajstić information content (AvgIpc) is 3.19. The summed E-state index contributed by atoms with van der Waals surface area (Å²) in [4.78, 5) is -0.379. The SMILES string of the molecule is CCCCn1c2ccccc2c2cc[n+](CCCc3ccccc3)c(CC3(Cl)C=CC=CC3)c21. The van der Waals surface area contributed by atoms with Gasteiger partial charge in [-0.15, -0.1) is 11.6 Å². The molecule has 34 heavy (non-hydrogen) atoms. The van der Waals surface area contributed by atoms with E-state index in [4.69, 9.17) is 11.6 Å². The van der Waals surface area contributed by atoms with Crippen molar-refractivity contribution in [2.45, 2.75) is 63.4 Å². The smallest absolute Gasteiger partial charge is 0.207 e. The quantitative estimate of drug-likeness (QED) is 0.177. The molecule has 3 heteroatoms. The zero-order valence-electron chi connectivity index (χ0n) is 20.1. The van der Waals surface area contributed by atoms with Gasteiger partial charge in [-0.3, -0.25) is 0 Å². The Kier molecular flexibility index (Phi) is 6.87. The van der Waals surface area contributed by atoms with Crippen molar-refractivity contribution in [3.8, 4) is 0 Å². The minimum atomic E-state index is -0.379. The molecule has 1 unspecified atom stereocenters. The van der Waals surface area contributed by atoms with Gasteiger partial charge in [0.25, 0.3) is 0 Å². The molecular formula is C31H34ClN2+. The van der Waals surface area contributed by atoms with Gasteiger partial charge in [-0.25, -0.2) is 4.57 Å². The van der Waals surface area contributed by atoms with Crippen LogP contribution >= 0.6 is 11.6 Å². The summed E-state index contributed by atoms with van der Waals surface area (Å²) in [5.74, 6) is 0. The summed E-state index contributed by atoms with van der Waals surface area (Å²) in [6, 6.07) is 22.0. The van der Waals surface area contributed by atoms with Gasteiger partial charge in [0, 0.05) is 35.3 Å². The molecule has 0 saturated carbocycles. The number of nitrogens with zero attached hydrogens (tertiary/aromatic N) is 2. The summed E-state index contributed by atoms with van der Waals surface area (Å²) in [6.45, 7) is 4.29. The van der Waals surface area contributed by atoms with Gasteiger partial charge in [-0.1, -0.05) is 86.2 Å². The molecular weight excluding hydrogens is 436 g/mol. The Morgan fingerprint density at radius 2 is 1.76 bits per heavy atom. The molecule has 2 nitrogen and oxygen atoms in total. The molecule has 0 spiro atoms. The van der Waals surface area contributed by atoms with Gasteiger partial charge in [0.2, 0.25) is 5.69 Å². The number of para-hydroxylation sites is 1. The fourth-order valence-electron chi connectivity index (χ4n) is 5.29. The first-order chi connectivity index (χ1) is 16.7. The average molecular weight is 470 g/mol. The number of unbranched alkanes of at least 4 members (excludes halogenated alkanes) is 1. The van der Waals surface area contributed by atoms with Crippen molar-refractivity contribution >= 4 is 33.4 Å². The first kappa shape index (κ1) is 22.9. The summed E-state index contributed by atoms with van der Waals surface area (Å²) in [5.41, 5.74) is 5.45. The predicted octanol–water partition coefficient (Wildman–Crippen LogP) is 7.55. The first-order valence-electron chi connectivity index (χ1n) is 12.7. The lowest BCUT2D eigenvalue weighted by atomic mass is 9.93. The van der Waals surface area contributed by atoms with Crippen LogP contribution in [0.1, 0.15) is 43.9 Å². The molecule has 0 bridgehead atoms. The van der Waals surface area contributed by atoms with Crippen LogP contribution < -0.4 is 4.57 Å². The summed E-state index contributed by atoms with van der Waals surface area (Å²) >= 11 is 7.21. The zero-order valence-corrected chi connectivity index (χ0v) is 20.8. The van der Waals surface area contributed by atoms with E-state index in [2.05, 4.69) is 107 Å². The van der Waals surface area contributed by atoms with Gasteiger partial charge in [0.1, 0.15) is 12.1 Å². The molecule has 4 aromatic rings. The van der Waals surface area contributed by atoms with Gasteiger partial charge in [0.15, 0.2) is 6.20 Å². The Bertz CT molecular complexity index is 1330. The molecule has 0 saturated heterocycles. The normalized spacial score (nSPS) is 17.7. The first-order valence-corrected chi connectivity index (χ1v) is 13.1. The molecule has 1 aliphatic carbocycles. The van der Waals surface area contributed by atoms with E-state index in [0.29, 0.717) is 0 Å². The highest BCUT2D eigenvalue weighted by molar-refractivity contribution is 6.25. The van der Waals surface area contributed by atoms with Crippen molar-refractivity contribution in [1.29, 1.82) is 0 Å². The van der Waals surface area contributed by atoms with E-state index < -0.39 is 0 Å². The van der Waals surface area contributed by atoms with Crippen LogP contribution in [0, 0.1) is 0 Å². The largest absolute Gasteiger partial charge is 0.335 e. The van der Waals surface area contributed by atoms with Crippen molar-refractivity contribution in [3.05, 3.63) is 102 Å². The number of alkyl halides is 1. The number of hydrogen-bond donors (Lipinski definition) is 0. The molecule has 2 aromatic carbocycles. The highest BCUT2D eigenvalue weighted by Crippen LogP contribution is 2.35. The van der Waals surface area contributed by atoms with Gasteiger partial charge in [-0.2, -0.15) is 0 Å². The number of hydrogen-bond acceptors (Lipinski definition) is 0. The lowest BCUT2D eigenvalue weighted by Gasteiger charge is -2.23. The highest BCUT2D eigenvalue weighted by Gasteiger charge is 2.32. The van der Waals surface area contributed by atoms with E-state index in [-0.39, 0.29) is 4.87 Å². The Hall–Kier alpha value is -2.84.